The molecule has 0 aliphatic heterocycles. The van der Waals surface area contributed by atoms with Crippen LogP contribution in [-0.2, 0) is 0 Å². The van der Waals surface area contributed by atoms with E-state index in [2.05, 4.69) is 41.5 Å². The second-order valence-corrected chi connectivity index (χ2v) is 32.8. The first kappa shape index (κ1) is 99.6. The molecule has 0 spiro atoms. The minimum atomic E-state index is -1.37. The van der Waals surface area contributed by atoms with E-state index < -0.39 is 171 Å². The molecule has 0 amide bonds. The Kier molecular flexibility index (Phi) is 47.3. The molecule has 120 heavy (non-hydrogen) atoms. The Morgan fingerprint density at radius 1 is 0.142 bits per heavy atom. The average molecular weight is 1690 g/mol. The van der Waals surface area contributed by atoms with Crippen LogP contribution in [0.15, 0.2) is 72.8 Å². The van der Waals surface area contributed by atoms with Gasteiger partial charge in [0, 0.05) is 0 Å². The number of halogens is 12. The van der Waals surface area contributed by atoms with Crippen LogP contribution in [0.1, 0.15) is 350 Å². The third-order valence-corrected chi connectivity index (χ3v) is 22.7. The fourth-order valence-corrected chi connectivity index (χ4v) is 16.0. The molecule has 0 aliphatic rings. The Morgan fingerprint density at radius 3 is 0.333 bits per heavy atom. The predicted molar refractivity (Wildman–Crippen MR) is 467 cm³/mol. The van der Waals surface area contributed by atoms with Gasteiger partial charge in [-0.25, -0.2) is 52.7 Å². The number of ether oxygens (including phenoxy) is 6. The van der Waals surface area contributed by atoms with Crippen LogP contribution in [-0.4, -0.2) is 39.6 Å². The van der Waals surface area contributed by atoms with Crippen molar-refractivity contribution in [1.82, 2.24) is 0 Å². The zero-order valence-corrected chi connectivity index (χ0v) is 73.1. The number of hydrogen-bond donors (Lipinski definition) is 0. The van der Waals surface area contributed by atoms with Gasteiger partial charge in [-0.3, -0.25) is 0 Å². The molecule has 666 valence electrons. The van der Waals surface area contributed by atoms with Crippen molar-refractivity contribution in [2.45, 2.75) is 350 Å². The summed E-state index contributed by atoms with van der Waals surface area (Å²) >= 11 is 0. The highest BCUT2D eigenvalue weighted by molar-refractivity contribution is 6.15. The maximum atomic E-state index is 17.8. The fraction of sp³-hybridized carbons (Fsp3) is 0.588. The van der Waals surface area contributed by atoms with Gasteiger partial charge in [0.1, 0.15) is 0 Å². The Morgan fingerprint density at radius 2 is 0.233 bits per heavy atom. The standard InChI is InChI=1S/C102H138F12O6/c1-7-13-19-25-31-37-43-49-55-115-97-79(103)61-73(62-80(97)104)91-92(74-63-81(105)98(82(106)64-74)116-56-50-44-38-32-26-20-14-8-2)94(76-67-85(109)100(86(110)68-76)118-58-52-46-40-34-28-22-16-10-4)96(78-71-89(113)102(90(114)72-78)120-60-54-48-42-36-30-24-18-12-6)95(77-69-87(111)101(88(112)70-77)119-59-53-47-41-35-29-23-17-11-5)93(91)75-65-83(107)99(84(108)66-75)117-57-51-45-39-33-27-21-15-9-3/h61-72H,7-60H2,1-6H3. The SMILES string of the molecule is CCCCCCCCCCOc1c(F)cc(-c2c(-c3cc(F)c(OCCCCCCCCCC)c(F)c3)c(-c3cc(F)c(OCCCCCCCCCC)c(F)c3)c(-c3cc(F)c(OCCCCCCCCCC)c(F)c3)c(-c3cc(F)c(OCCCCCCCCCC)c(F)c3)c2-c2cc(F)c(OCCCCCCCCCC)c(F)c2)cc1F. The highest BCUT2D eigenvalue weighted by atomic mass is 19.2. The molecule has 7 aromatic carbocycles. The van der Waals surface area contributed by atoms with E-state index in [1.807, 2.05) is 0 Å². The molecule has 0 saturated heterocycles. The van der Waals surface area contributed by atoms with Crippen LogP contribution in [0.25, 0.3) is 66.8 Å². The van der Waals surface area contributed by atoms with E-state index in [1.54, 1.807) is 0 Å². The Labute approximate surface area is 710 Å². The van der Waals surface area contributed by atoms with Gasteiger partial charge in [-0.05, 0) is 178 Å². The molecule has 0 radical (unpaired) electrons. The number of unbranched alkanes of at least 4 members (excludes halogenated alkanes) is 42. The normalized spacial score (nSPS) is 11.6. The molecule has 0 aliphatic carbocycles. The quantitative estimate of drug-likeness (QED) is 0.0280. The fourth-order valence-electron chi connectivity index (χ4n) is 16.0. The summed E-state index contributed by atoms with van der Waals surface area (Å²) in [6.45, 7) is 11.8. The Balaban J connectivity index is 1.62. The molecule has 0 heterocycles. The van der Waals surface area contributed by atoms with E-state index in [4.69, 9.17) is 28.4 Å². The van der Waals surface area contributed by atoms with Crippen LogP contribution in [0.2, 0.25) is 0 Å². The zero-order chi connectivity index (χ0) is 86.2. The van der Waals surface area contributed by atoms with Gasteiger partial charge in [0.25, 0.3) is 0 Å². The lowest BCUT2D eigenvalue weighted by atomic mass is 9.74. The largest absolute Gasteiger partial charge is 0.488 e. The highest BCUT2D eigenvalue weighted by Crippen LogP contribution is 2.58. The molecule has 18 heteroatoms. The first-order chi connectivity index (χ1) is 58.4. The Bertz CT molecular complexity index is 3290. The van der Waals surface area contributed by atoms with Crippen molar-refractivity contribution in [1.29, 1.82) is 0 Å². The van der Waals surface area contributed by atoms with E-state index in [9.17, 15) is 0 Å². The van der Waals surface area contributed by atoms with E-state index in [0.29, 0.717) is 77.0 Å². The molecular weight excluding hydrogens is 1550 g/mol. The maximum Gasteiger partial charge on any atom is 0.190 e. The van der Waals surface area contributed by atoms with E-state index in [0.717, 1.165) is 304 Å². The van der Waals surface area contributed by atoms with Gasteiger partial charge in [0.15, 0.2) is 104 Å². The minimum absolute atomic E-state index is 0.151. The summed E-state index contributed by atoms with van der Waals surface area (Å²) in [5.74, 6) is -21.6. The summed E-state index contributed by atoms with van der Waals surface area (Å²) < 4.78 is 249. The lowest BCUT2D eigenvalue weighted by Gasteiger charge is -2.29. The molecule has 0 saturated carbocycles. The first-order valence-corrected chi connectivity index (χ1v) is 46.4. The number of benzene rings is 7. The summed E-state index contributed by atoms with van der Waals surface area (Å²) in [6.07, 6.45) is 42.4. The van der Waals surface area contributed by atoms with Crippen LogP contribution in [0.4, 0.5) is 52.7 Å². The summed E-state index contributed by atoms with van der Waals surface area (Å²) in [4.78, 5) is 0. The molecule has 0 fully saturated rings. The second-order valence-electron chi connectivity index (χ2n) is 32.8. The minimum Gasteiger partial charge on any atom is -0.488 e. The Hall–Kier alpha value is -7.50. The summed E-state index contributed by atoms with van der Waals surface area (Å²) in [7, 11) is 0. The van der Waals surface area contributed by atoms with Gasteiger partial charge in [0.2, 0.25) is 0 Å². The van der Waals surface area contributed by atoms with Crippen molar-refractivity contribution < 1.29 is 81.1 Å². The van der Waals surface area contributed by atoms with Gasteiger partial charge in [0.05, 0.1) is 39.6 Å². The number of hydrogen-bond acceptors (Lipinski definition) is 6. The predicted octanol–water partition coefficient (Wildman–Crippen LogP) is 34.5. The number of rotatable bonds is 66. The highest BCUT2D eigenvalue weighted by Gasteiger charge is 2.35. The van der Waals surface area contributed by atoms with Crippen LogP contribution in [0.3, 0.4) is 0 Å². The van der Waals surface area contributed by atoms with Crippen LogP contribution < -0.4 is 28.4 Å². The molecular formula is C102H138F12O6. The van der Waals surface area contributed by atoms with Gasteiger partial charge >= 0.3 is 0 Å². The van der Waals surface area contributed by atoms with Crippen molar-refractivity contribution in [2.24, 2.45) is 0 Å². The van der Waals surface area contributed by atoms with Gasteiger partial charge in [-0.1, -0.05) is 311 Å². The topological polar surface area (TPSA) is 55.4 Å². The second kappa shape index (κ2) is 57.0. The molecule has 0 bridgehead atoms. The molecule has 6 nitrogen and oxygen atoms in total. The molecule has 0 unspecified atom stereocenters. The van der Waals surface area contributed by atoms with Crippen molar-refractivity contribution in [3.05, 3.63) is 143 Å². The smallest absolute Gasteiger partial charge is 0.190 e. The van der Waals surface area contributed by atoms with Crippen molar-refractivity contribution >= 4 is 0 Å². The third kappa shape index (κ3) is 32.3. The lowest BCUT2D eigenvalue weighted by molar-refractivity contribution is 0.275. The average Bonchev–Trinajstić information content (AvgIpc) is 0.705. The van der Waals surface area contributed by atoms with E-state index in [1.165, 1.54) is 0 Å². The monoisotopic (exact) mass is 1690 g/mol. The van der Waals surface area contributed by atoms with Crippen molar-refractivity contribution in [3.63, 3.8) is 0 Å². The molecule has 0 N–H and O–H groups in total. The van der Waals surface area contributed by atoms with Gasteiger partial charge in [-0.15, -0.1) is 0 Å². The molecule has 0 atom stereocenters. The summed E-state index contributed by atoms with van der Waals surface area (Å²) in [6, 6.07) is 9.43. The van der Waals surface area contributed by atoms with Crippen LogP contribution in [0, 0.1) is 69.8 Å². The van der Waals surface area contributed by atoms with Crippen molar-refractivity contribution in [3.8, 4) is 101 Å². The van der Waals surface area contributed by atoms with E-state index in [-0.39, 0.29) is 39.6 Å². The van der Waals surface area contributed by atoms with Gasteiger partial charge < -0.3 is 28.4 Å². The van der Waals surface area contributed by atoms with Crippen LogP contribution in [0.5, 0.6) is 34.5 Å². The van der Waals surface area contributed by atoms with E-state index >= 15 is 52.7 Å². The molecule has 7 rings (SSSR count). The zero-order valence-electron chi connectivity index (χ0n) is 73.1. The third-order valence-electron chi connectivity index (χ3n) is 22.7. The summed E-state index contributed by atoms with van der Waals surface area (Å²) in [5, 5.41) is 0. The first-order valence-electron chi connectivity index (χ1n) is 46.4. The lowest BCUT2D eigenvalue weighted by Crippen LogP contribution is -2.08. The maximum absolute atomic E-state index is 17.8. The van der Waals surface area contributed by atoms with Crippen molar-refractivity contribution in [2.75, 3.05) is 39.6 Å². The molecule has 0 aromatic heterocycles. The van der Waals surface area contributed by atoms with Gasteiger partial charge in [-0.2, -0.15) is 0 Å². The summed E-state index contributed by atoms with van der Waals surface area (Å²) in [5.41, 5.74) is -7.41. The molecule has 7 aromatic rings. The van der Waals surface area contributed by atoms with Crippen LogP contribution >= 0.6 is 0 Å².